The molecule has 0 radical (unpaired) electrons. The topological polar surface area (TPSA) is 29.5 Å². The summed E-state index contributed by atoms with van der Waals surface area (Å²) in [6.45, 7) is 0. The highest BCUT2D eigenvalue weighted by atomic mass is 79.9. The van der Waals surface area contributed by atoms with Crippen molar-refractivity contribution in [3.8, 4) is 5.75 Å². The molecule has 0 spiro atoms. The van der Waals surface area contributed by atoms with E-state index < -0.39 is 17.7 Å². The monoisotopic (exact) mass is 376 g/mol. The van der Waals surface area contributed by atoms with Gasteiger partial charge in [0.1, 0.15) is 17.4 Å². The van der Waals surface area contributed by atoms with E-state index in [0.717, 1.165) is 6.07 Å². The Balaban J connectivity index is 2.37. The summed E-state index contributed by atoms with van der Waals surface area (Å²) in [5, 5.41) is 10.5. The molecule has 2 aromatic carbocycles. The quantitative estimate of drug-likeness (QED) is 0.839. The fourth-order valence-electron chi connectivity index (χ4n) is 2.01. The number of methoxy groups -OCH3 is 1. The first-order valence-electron chi connectivity index (χ1n) is 6.08. The average molecular weight is 378 g/mol. The lowest BCUT2D eigenvalue weighted by molar-refractivity contribution is 0.172. The third kappa shape index (κ3) is 3.54. The van der Waals surface area contributed by atoms with Crippen molar-refractivity contribution < 1.29 is 18.6 Å². The van der Waals surface area contributed by atoms with Crippen molar-refractivity contribution in [3.05, 3.63) is 62.6 Å². The van der Waals surface area contributed by atoms with Crippen LogP contribution in [-0.2, 0) is 6.42 Å². The van der Waals surface area contributed by atoms with Crippen LogP contribution >= 0.6 is 27.5 Å². The van der Waals surface area contributed by atoms with Gasteiger partial charge in [-0.05, 0) is 34.1 Å². The minimum absolute atomic E-state index is 0.0417. The molecule has 2 rings (SSSR count). The van der Waals surface area contributed by atoms with E-state index in [1.807, 2.05) is 0 Å². The summed E-state index contributed by atoms with van der Waals surface area (Å²) in [7, 11) is 1.37. The number of halogens is 4. The van der Waals surface area contributed by atoms with Gasteiger partial charge in [-0.2, -0.15) is 0 Å². The molecule has 0 aliphatic carbocycles. The molecule has 2 aromatic rings. The molecule has 112 valence electrons. The standard InChI is InChI=1S/C15H12BrClF2O2/c1-21-15-7-13(19)10(16)5-9(15)14(20)6-8-11(17)3-2-4-12(8)18/h2-5,7,14,20H,6H2,1H3. The lowest BCUT2D eigenvalue weighted by Gasteiger charge is -2.16. The van der Waals surface area contributed by atoms with E-state index in [2.05, 4.69) is 15.9 Å². The molecular weight excluding hydrogens is 366 g/mol. The zero-order chi connectivity index (χ0) is 15.6. The van der Waals surface area contributed by atoms with Crippen molar-refractivity contribution >= 4 is 27.5 Å². The maximum Gasteiger partial charge on any atom is 0.141 e. The number of hydrogen-bond acceptors (Lipinski definition) is 2. The Morgan fingerprint density at radius 2 is 2.00 bits per heavy atom. The van der Waals surface area contributed by atoms with Gasteiger partial charge in [-0.1, -0.05) is 17.7 Å². The van der Waals surface area contributed by atoms with Gasteiger partial charge in [-0.15, -0.1) is 0 Å². The maximum absolute atomic E-state index is 13.8. The van der Waals surface area contributed by atoms with Gasteiger partial charge in [0.05, 0.1) is 17.7 Å². The molecule has 6 heteroatoms. The lowest BCUT2D eigenvalue weighted by atomic mass is 10.00. The number of rotatable bonds is 4. The summed E-state index contributed by atoms with van der Waals surface area (Å²) in [6.07, 6.45) is -1.12. The first kappa shape index (κ1) is 16.2. The second-order valence-electron chi connectivity index (χ2n) is 4.43. The van der Waals surface area contributed by atoms with Crippen LogP contribution in [0.25, 0.3) is 0 Å². The maximum atomic E-state index is 13.8. The molecule has 0 saturated carbocycles. The average Bonchev–Trinajstić information content (AvgIpc) is 2.45. The molecule has 0 bridgehead atoms. The van der Waals surface area contributed by atoms with E-state index in [-0.39, 0.29) is 27.2 Å². The number of hydrogen-bond donors (Lipinski definition) is 1. The van der Waals surface area contributed by atoms with Gasteiger partial charge >= 0.3 is 0 Å². The van der Waals surface area contributed by atoms with Crippen molar-refractivity contribution in [2.45, 2.75) is 12.5 Å². The van der Waals surface area contributed by atoms with Crippen molar-refractivity contribution in [1.82, 2.24) is 0 Å². The van der Waals surface area contributed by atoms with Gasteiger partial charge in [-0.25, -0.2) is 8.78 Å². The van der Waals surface area contributed by atoms with Gasteiger partial charge in [0.25, 0.3) is 0 Å². The molecule has 0 amide bonds. The molecule has 0 aliphatic heterocycles. The van der Waals surface area contributed by atoms with Gasteiger partial charge in [-0.3, -0.25) is 0 Å². The van der Waals surface area contributed by atoms with Gasteiger partial charge < -0.3 is 9.84 Å². The normalized spacial score (nSPS) is 12.3. The van der Waals surface area contributed by atoms with Crippen molar-refractivity contribution in [2.75, 3.05) is 7.11 Å². The summed E-state index contributed by atoms with van der Waals surface area (Å²) in [4.78, 5) is 0. The summed E-state index contributed by atoms with van der Waals surface area (Å²) in [5.74, 6) is -0.816. The Morgan fingerprint density at radius 3 is 2.62 bits per heavy atom. The molecule has 1 unspecified atom stereocenters. The number of benzene rings is 2. The second kappa shape index (κ2) is 6.73. The minimum Gasteiger partial charge on any atom is -0.496 e. The highest BCUT2D eigenvalue weighted by Crippen LogP contribution is 2.34. The minimum atomic E-state index is -1.08. The second-order valence-corrected chi connectivity index (χ2v) is 5.69. The Kier molecular flexibility index (Phi) is 5.19. The molecule has 0 saturated heterocycles. The van der Waals surface area contributed by atoms with Gasteiger partial charge in [0.2, 0.25) is 0 Å². The van der Waals surface area contributed by atoms with Gasteiger partial charge in [0, 0.05) is 28.6 Å². The Hall–Kier alpha value is -1.17. The van der Waals surface area contributed by atoms with E-state index in [1.165, 1.54) is 25.3 Å². The van der Waals surface area contributed by atoms with Crippen LogP contribution in [0.2, 0.25) is 5.02 Å². The van der Waals surface area contributed by atoms with E-state index >= 15 is 0 Å². The fourth-order valence-corrected chi connectivity index (χ4v) is 2.61. The highest BCUT2D eigenvalue weighted by Gasteiger charge is 2.19. The summed E-state index contributed by atoms with van der Waals surface area (Å²) >= 11 is 8.99. The van der Waals surface area contributed by atoms with Gasteiger partial charge in [0.15, 0.2) is 0 Å². The summed E-state index contributed by atoms with van der Waals surface area (Å²) in [6, 6.07) is 6.87. The lowest BCUT2D eigenvalue weighted by Crippen LogP contribution is -2.07. The predicted octanol–water partition coefficient (Wildman–Crippen LogP) is 4.67. The zero-order valence-corrected chi connectivity index (χ0v) is 13.4. The van der Waals surface area contributed by atoms with Crippen LogP contribution < -0.4 is 4.74 Å². The summed E-state index contributed by atoms with van der Waals surface area (Å²) in [5.41, 5.74) is 0.555. The van der Waals surface area contributed by atoms with E-state index in [0.29, 0.717) is 5.56 Å². The summed E-state index contributed by atoms with van der Waals surface area (Å²) < 4.78 is 32.5. The fraction of sp³-hybridized carbons (Fsp3) is 0.200. The Labute approximate surface area is 134 Å². The van der Waals surface area contributed by atoms with E-state index in [4.69, 9.17) is 16.3 Å². The molecule has 1 atom stereocenters. The predicted molar refractivity (Wildman–Crippen MR) is 80.7 cm³/mol. The first-order chi connectivity index (χ1) is 9.93. The molecule has 0 heterocycles. The molecule has 0 fully saturated rings. The Morgan fingerprint density at radius 1 is 1.29 bits per heavy atom. The van der Waals surface area contributed by atoms with Crippen LogP contribution in [0.4, 0.5) is 8.78 Å². The SMILES string of the molecule is COc1cc(F)c(Br)cc1C(O)Cc1c(F)cccc1Cl. The number of aliphatic hydroxyl groups is 1. The van der Waals surface area contributed by atoms with Crippen LogP contribution in [0.1, 0.15) is 17.2 Å². The first-order valence-corrected chi connectivity index (χ1v) is 7.25. The van der Waals surface area contributed by atoms with Crippen LogP contribution in [0.3, 0.4) is 0 Å². The largest absolute Gasteiger partial charge is 0.496 e. The molecular formula is C15H12BrClF2O2. The van der Waals surface area contributed by atoms with Crippen LogP contribution in [-0.4, -0.2) is 12.2 Å². The molecule has 0 aromatic heterocycles. The van der Waals surface area contributed by atoms with Crippen LogP contribution in [0, 0.1) is 11.6 Å². The van der Waals surface area contributed by atoms with Crippen molar-refractivity contribution in [2.24, 2.45) is 0 Å². The smallest absolute Gasteiger partial charge is 0.141 e. The van der Waals surface area contributed by atoms with Crippen molar-refractivity contribution in [3.63, 3.8) is 0 Å². The molecule has 1 N–H and O–H groups in total. The number of aliphatic hydroxyl groups excluding tert-OH is 1. The zero-order valence-electron chi connectivity index (χ0n) is 11.0. The number of ether oxygens (including phenoxy) is 1. The Bertz CT molecular complexity index is 644. The molecule has 0 aliphatic rings. The van der Waals surface area contributed by atoms with E-state index in [9.17, 15) is 13.9 Å². The third-order valence-corrected chi connectivity index (χ3v) is 4.05. The highest BCUT2D eigenvalue weighted by molar-refractivity contribution is 9.10. The van der Waals surface area contributed by atoms with E-state index in [1.54, 1.807) is 6.07 Å². The van der Waals surface area contributed by atoms with Crippen LogP contribution in [0.15, 0.2) is 34.8 Å². The molecule has 21 heavy (non-hydrogen) atoms. The van der Waals surface area contributed by atoms with Crippen LogP contribution in [0.5, 0.6) is 5.75 Å². The van der Waals surface area contributed by atoms with Crippen molar-refractivity contribution in [1.29, 1.82) is 0 Å². The third-order valence-electron chi connectivity index (χ3n) is 3.09. The molecule has 2 nitrogen and oxygen atoms in total.